The second-order valence-corrected chi connectivity index (χ2v) is 6.20. The van der Waals surface area contributed by atoms with Crippen LogP contribution < -0.4 is 19.7 Å². The van der Waals surface area contributed by atoms with Crippen LogP contribution in [0.3, 0.4) is 0 Å². The number of esters is 2. The number of benzene rings is 2. The van der Waals surface area contributed by atoms with Crippen molar-refractivity contribution in [2.45, 2.75) is 0 Å². The SMILES string of the molecule is COC(=O)COc1ccc(C=NCCN=Cc2ccc(OCC(=O)OC)cc2[O-])c([O-])c1.[Cu+2]. The van der Waals surface area contributed by atoms with Crippen LogP contribution in [-0.2, 0) is 36.1 Å². The van der Waals surface area contributed by atoms with Gasteiger partial charge in [0.25, 0.3) is 0 Å². The Morgan fingerprint density at radius 2 is 1.18 bits per heavy atom. The van der Waals surface area contributed by atoms with Crippen LogP contribution in [0.1, 0.15) is 11.1 Å². The zero-order valence-electron chi connectivity index (χ0n) is 17.9. The number of nitrogens with zero attached hydrogens (tertiary/aromatic N) is 2. The van der Waals surface area contributed by atoms with E-state index in [1.165, 1.54) is 50.9 Å². The molecular formula is C22H22CuN2O8. The molecule has 0 fully saturated rings. The van der Waals surface area contributed by atoms with Crippen molar-refractivity contribution in [3.63, 3.8) is 0 Å². The minimum atomic E-state index is -0.546. The van der Waals surface area contributed by atoms with Crippen LogP contribution in [0.15, 0.2) is 46.4 Å². The standard InChI is InChI=1S/C22H24N2O8.Cu/c1-29-21(27)13-31-17-5-3-15(19(25)9-17)11-23-7-8-24-12-16-4-6-18(10-20(16)26)32-14-22(28)30-2;/h3-6,9-12,25-26H,7-8,13-14H2,1-2H3;/q;+2/p-2. The summed E-state index contributed by atoms with van der Waals surface area (Å²) in [6, 6.07) is 8.70. The van der Waals surface area contributed by atoms with E-state index in [1.807, 2.05) is 0 Å². The topological polar surface area (TPSA) is 142 Å². The van der Waals surface area contributed by atoms with E-state index in [0.29, 0.717) is 24.2 Å². The summed E-state index contributed by atoms with van der Waals surface area (Å²) in [5.74, 6) is -1.17. The summed E-state index contributed by atoms with van der Waals surface area (Å²) in [6.45, 7) is 0.0570. The van der Waals surface area contributed by atoms with Crippen LogP contribution in [0.5, 0.6) is 23.0 Å². The molecule has 0 saturated heterocycles. The zero-order valence-corrected chi connectivity index (χ0v) is 18.9. The van der Waals surface area contributed by atoms with Gasteiger partial charge in [-0.25, -0.2) is 9.59 Å². The number of carbonyl (C=O) groups excluding carboxylic acids is 2. The van der Waals surface area contributed by atoms with E-state index >= 15 is 0 Å². The maximum Gasteiger partial charge on any atom is 2.00 e. The number of carbonyl (C=O) groups is 2. The number of rotatable bonds is 11. The Bertz CT molecular complexity index is 915. The third-order valence-corrected chi connectivity index (χ3v) is 3.96. The molecule has 2 aromatic carbocycles. The van der Waals surface area contributed by atoms with Gasteiger partial charge in [0.15, 0.2) is 13.2 Å². The molecule has 0 N–H and O–H groups in total. The van der Waals surface area contributed by atoms with Crippen LogP contribution in [-0.4, -0.2) is 64.9 Å². The molecule has 2 aromatic rings. The summed E-state index contributed by atoms with van der Waals surface area (Å²) in [4.78, 5) is 30.4. The van der Waals surface area contributed by atoms with E-state index in [9.17, 15) is 19.8 Å². The first kappa shape index (κ1) is 27.5. The van der Waals surface area contributed by atoms with E-state index in [2.05, 4.69) is 19.5 Å². The van der Waals surface area contributed by atoms with Crippen LogP contribution in [0.2, 0.25) is 0 Å². The molecule has 0 unspecified atom stereocenters. The Morgan fingerprint density at radius 1 is 0.788 bits per heavy atom. The fourth-order valence-electron chi connectivity index (χ4n) is 2.27. The summed E-state index contributed by atoms with van der Waals surface area (Å²) in [5, 5.41) is 24.1. The summed E-state index contributed by atoms with van der Waals surface area (Å²) >= 11 is 0. The number of hydrogen-bond acceptors (Lipinski definition) is 10. The smallest absolute Gasteiger partial charge is 0.872 e. The van der Waals surface area contributed by atoms with Gasteiger partial charge >= 0.3 is 29.0 Å². The Hall–Kier alpha value is -3.56. The van der Waals surface area contributed by atoms with E-state index in [0.717, 1.165) is 0 Å². The number of hydrogen-bond donors (Lipinski definition) is 0. The molecule has 0 saturated carbocycles. The van der Waals surface area contributed by atoms with Crippen LogP contribution >= 0.6 is 0 Å². The van der Waals surface area contributed by atoms with E-state index in [-0.39, 0.29) is 53.3 Å². The Kier molecular flexibility index (Phi) is 12.1. The van der Waals surface area contributed by atoms with Gasteiger partial charge in [-0.05, 0) is 35.4 Å². The maximum atomic E-state index is 12.0. The molecule has 0 spiro atoms. The second-order valence-electron chi connectivity index (χ2n) is 6.20. The van der Waals surface area contributed by atoms with Crippen LogP contribution in [0.4, 0.5) is 0 Å². The molecule has 33 heavy (non-hydrogen) atoms. The third-order valence-electron chi connectivity index (χ3n) is 3.96. The van der Waals surface area contributed by atoms with Gasteiger partial charge in [0, 0.05) is 12.4 Å². The molecule has 0 bridgehead atoms. The van der Waals surface area contributed by atoms with Gasteiger partial charge in [-0.3, -0.25) is 9.98 Å². The largest absolute Gasteiger partial charge is 2.00 e. The molecule has 10 nitrogen and oxygen atoms in total. The van der Waals surface area contributed by atoms with Gasteiger partial charge in [-0.15, -0.1) is 0 Å². The molecule has 1 radical (unpaired) electrons. The first-order valence-corrected chi connectivity index (χ1v) is 9.44. The fraction of sp³-hybridized carbons (Fsp3) is 0.273. The number of methoxy groups -OCH3 is 2. The normalized spacial score (nSPS) is 10.6. The van der Waals surface area contributed by atoms with E-state index < -0.39 is 11.9 Å². The number of ether oxygens (including phenoxy) is 4. The molecule has 179 valence electrons. The minimum absolute atomic E-state index is 0. The maximum absolute atomic E-state index is 12.0. The van der Waals surface area contributed by atoms with Crippen molar-refractivity contribution in [1.82, 2.24) is 0 Å². The van der Waals surface area contributed by atoms with Crippen molar-refractivity contribution in [1.29, 1.82) is 0 Å². The first-order chi connectivity index (χ1) is 15.4. The summed E-state index contributed by atoms with van der Waals surface area (Å²) < 4.78 is 19.2. The molecule has 0 aliphatic rings. The van der Waals surface area contributed by atoms with Gasteiger partial charge in [-0.1, -0.05) is 23.6 Å². The second kappa shape index (κ2) is 14.5. The summed E-state index contributed by atoms with van der Waals surface area (Å²) in [7, 11) is 2.49. The third kappa shape index (κ3) is 9.63. The average Bonchev–Trinajstić information content (AvgIpc) is 2.80. The van der Waals surface area contributed by atoms with E-state index in [4.69, 9.17) is 9.47 Å². The monoisotopic (exact) mass is 505 g/mol. The van der Waals surface area contributed by atoms with Gasteiger partial charge in [0.2, 0.25) is 0 Å². The molecule has 2 rings (SSSR count). The zero-order chi connectivity index (χ0) is 23.3. The first-order valence-electron chi connectivity index (χ1n) is 9.44. The van der Waals surface area contributed by atoms with Crippen molar-refractivity contribution in [2.75, 3.05) is 40.5 Å². The van der Waals surface area contributed by atoms with Crippen LogP contribution in [0.25, 0.3) is 0 Å². The van der Waals surface area contributed by atoms with Gasteiger partial charge in [-0.2, -0.15) is 0 Å². The van der Waals surface area contributed by atoms with Gasteiger partial charge in [0.05, 0.1) is 27.3 Å². The Morgan fingerprint density at radius 3 is 1.52 bits per heavy atom. The average molecular weight is 506 g/mol. The molecule has 0 amide bonds. The van der Waals surface area contributed by atoms with Crippen molar-refractivity contribution in [2.24, 2.45) is 9.98 Å². The molecule has 0 heterocycles. The van der Waals surface area contributed by atoms with Gasteiger partial charge < -0.3 is 29.2 Å². The molecule has 0 aliphatic heterocycles. The number of aliphatic imine (C=N–C) groups is 2. The molecule has 11 heteroatoms. The molecular weight excluding hydrogens is 484 g/mol. The summed E-state index contributed by atoms with van der Waals surface area (Å²) in [5.41, 5.74) is 0.729. The molecule has 0 aromatic heterocycles. The predicted molar refractivity (Wildman–Crippen MR) is 112 cm³/mol. The van der Waals surface area contributed by atoms with Gasteiger partial charge in [0.1, 0.15) is 11.5 Å². The van der Waals surface area contributed by atoms with Crippen molar-refractivity contribution in [3.05, 3.63) is 47.5 Å². The minimum Gasteiger partial charge on any atom is -0.872 e. The van der Waals surface area contributed by atoms with Crippen molar-refractivity contribution in [3.8, 4) is 23.0 Å². The fourth-order valence-corrected chi connectivity index (χ4v) is 2.27. The van der Waals surface area contributed by atoms with Crippen LogP contribution in [0, 0.1) is 0 Å². The Balaban J connectivity index is 0.00000544. The van der Waals surface area contributed by atoms with Crippen molar-refractivity contribution >= 4 is 24.4 Å². The van der Waals surface area contributed by atoms with E-state index in [1.54, 1.807) is 12.1 Å². The summed E-state index contributed by atoms with van der Waals surface area (Å²) in [6.07, 6.45) is 2.85. The quantitative estimate of drug-likeness (QED) is 0.186. The van der Waals surface area contributed by atoms with Crippen molar-refractivity contribution < 1.29 is 55.8 Å². The molecule has 0 atom stereocenters. The Labute approximate surface area is 201 Å². The predicted octanol–water partition coefficient (Wildman–Crippen LogP) is 0.473. The molecule has 0 aliphatic carbocycles.